The van der Waals surface area contributed by atoms with E-state index in [2.05, 4.69) is 6.26 Å². The molecule has 1 aliphatic carbocycles. The lowest BCUT2D eigenvalue weighted by atomic mass is 9.83. The van der Waals surface area contributed by atoms with E-state index in [-0.39, 0.29) is 18.1 Å². The van der Waals surface area contributed by atoms with Gasteiger partial charge in [0.15, 0.2) is 0 Å². The number of carbonyl (C=O) groups excluding carboxylic acids is 2. The number of Topliss-reactive ketones (excluding diaryl/α,β-unsaturated/α-hetero) is 1. The molecule has 15 heavy (non-hydrogen) atoms. The van der Waals surface area contributed by atoms with Crippen molar-refractivity contribution in [2.24, 2.45) is 0 Å². The molecule has 2 rings (SSSR count). The van der Waals surface area contributed by atoms with E-state index in [0.29, 0.717) is 17.7 Å². The molecule has 4 heteroatoms. The fourth-order valence-electron chi connectivity index (χ4n) is 2.27. The van der Waals surface area contributed by atoms with Crippen molar-refractivity contribution in [1.29, 1.82) is 0 Å². The number of nitrogens with zero attached hydrogens (tertiary/aromatic N) is 1. The zero-order chi connectivity index (χ0) is 10.9. The van der Waals surface area contributed by atoms with Crippen molar-refractivity contribution in [1.82, 2.24) is 4.90 Å². The predicted octanol–water partition coefficient (Wildman–Crippen LogP) is 1.46. The van der Waals surface area contributed by atoms with Crippen molar-refractivity contribution < 1.29 is 9.59 Å². The Bertz CT molecular complexity index is 281. The third-order valence-corrected chi connectivity index (χ3v) is 4.94. The molecule has 1 amide bonds. The van der Waals surface area contributed by atoms with Crippen LogP contribution in [0.25, 0.3) is 0 Å². The van der Waals surface area contributed by atoms with Gasteiger partial charge < -0.3 is 4.90 Å². The molecular weight excluding hydrogens is 210 g/mol. The van der Waals surface area contributed by atoms with E-state index in [1.54, 1.807) is 0 Å². The molecule has 0 spiro atoms. The highest BCUT2D eigenvalue weighted by molar-refractivity contribution is 8.00. The van der Waals surface area contributed by atoms with Gasteiger partial charge in [-0.2, -0.15) is 11.8 Å². The standard InChI is InChI=1S/C11H17NO2S/c1-15-11(4-2-5-11)8-12-6-3-9(13)7-10(12)14/h2-8H2,1H3. The van der Waals surface area contributed by atoms with Gasteiger partial charge in [-0.15, -0.1) is 0 Å². The lowest BCUT2D eigenvalue weighted by Gasteiger charge is -2.44. The highest BCUT2D eigenvalue weighted by Crippen LogP contribution is 2.43. The van der Waals surface area contributed by atoms with Gasteiger partial charge in [0.25, 0.3) is 0 Å². The van der Waals surface area contributed by atoms with Crippen LogP contribution in [0.4, 0.5) is 0 Å². The van der Waals surface area contributed by atoms with Crippen LogP contribution in [-0.2, 0) is 9.59 Å². The number of piperidine rings is 1. The lowest BCUT2D eigenvalue weighted by molar-refractivity contribution is -0.140. The average molecular weight is 227 g/mol. The van der Waals surface area contributed by atoms with Crippen LogP contribution in [0.1, 0.15) is 32.1 Å². The number of hydrogen-bond donors (Lipinski definition) is 0. The Kier molecular flexibility index (Phi) is 3.05. The van der Waals surface area contributed by atoms with Crippen molar-refractivity contribution in [3.05, 3.63) is 0 Å². The molecule has 0 aromatic heterocycles. The van der Waals surface area contributed by atoms with Gasteiger partial charge in [0.05, 0.1) is 6.42 Å². The normalized spacial score (nSPS) is 25.3. The summed E-state index contributed by atoms with van der Waals surface area (Å²) in [5.74, 6) is 0.134. The number of amides is 1. The van der Waals surface area contributed by atoms with Crippen molar-refractivity contribution in [2.45, 2.75) is 36.9 Å². The molecule has 1 aliphatic heterocycles. The van der Waals surface area contributed by atoms with E-state index in [1.165, 1.54) is 19.3 Å². The van der Waals surface area contributed by atoms with Crippen LogP contribution in [0.15, 0.2) is 0 Å². The molecule has 1 saturated carbocycles. The smallest absolute Gasteiger partial charge is 0.230 e. The van der Waals surface area contributed by atoms with Crippen LogP contribution in [-0.4, -0.2) is 40.7 Å². The molecule has 0 atom stereocenters. The van der Waals surface area contributed by atoms with Gasteiger partial charge in [-0.3, -0.25) is 9.59 Å². The first-order valence-electron chi connectivity index (χ1n) is 5.50. The van der Waals surface area contributed by atoms with Crippen LogP contribution in [0.5, 0.6) is 0 Å². The molecule has 0 aromatic carbocycles. The van der Waals surface area contributed by atoms with Crippen LogP contribution >= 0.6 is 11.8 Å². The maximum Gasteiger partial charge on any atom is 0.230 e. The van der Waals surface area contributed by atoms with E-state index in [0.717, 1.165) is 6.54 Å². The first-order chi connectivity index (χ1) is 7.15. The summed E-state index contributed by atoms with van der Waals surface area (Å²) in [5.41, 5.74) is 0. The molecule has 3 nitrogen and oxygen atoms in total. The van der Waals surface area contributed by atoms with E-state index in [4.69, 9.17) is 0 Å². The third-order valence-electron chi connectivity index (χ3n) is 3.54. The summed E-state index contributed by atoms with van der Waals surface area (Å²) in [6.45, 7) is 1.49. The first-order valence-corrected chi connectivity index (χ1v) is 6.72. The van der Waals surface area contributed by atoms with Gasteiger partial charge >= 0.3 is 0 Å². The quantitative estimate of drug-likeness (QED) is 0.685. The number of hydrogen-bond acceptors (Lipinski definition) is 3. The zero-order valence-corrected chi connectivity index (χ0v) is 9.94. The van der Waals surface area contributed by atoms with Gasteiger partial charge in [-0.25, -0.2) is 0 Å². The number of likely N-dealkylation sites (tertiary alicyclic amines) is 1. The highest BCUT2D eigenvalue weighted by atomic mass is 32.2. The summed E-state index contributed by atoms with van der Waals surface area (Å²) < 4.78 is 0.302. The third kappa shape index (κ3) is 2.19. The lowest BCUT2D eigenvalue weighted by Crippen LogP contribution is -2.50. The van der Waals surface area contributed by atoms with Crippen LogP contribution in [0.2, 0.25) is 0 Å². The Hall–Kier alpha value is -0.510. The van der Waals surface area contributed by atoms with E-state index in [9.17, 15) is 9.59 Å². The fraction of sp³-hybridized carbons (Fsp3) is 0.818. The molecule has 0 N–H and O–H groups in total. The molecular formula is C11H17NO2S. The van der Waals surface area contributed by atoms with Gasteiger partial charge in [-0.1, -0.05) is 6.42 Å². The van der Waals surface area contributed by atoms with Crippen LogP contribution < -0.4 is 0 Å². The van der Waals surface area contributed by atoms with Gasteiger partial charge in [0.2, 0.25) is 5.91 Å². The van der Waals surface area contributed by atoms with Crippen molar-refractivity contribution >= 4 is 23.5 Å². The average Bonchev–Trinajstić information content (AvgIpc) is 2.14. The predicted molar refractivity (Wildman–Crippen MR) is 60.9 cm³/mol. The molecule has 0 radical (unpaired) electrons. The molecule has 0 aromatic rings. The SMILES string of the molecule is CSC1(CN2CCC(=O)CC2=O)CCC1. The summed E-state index contributed by atoms with van der Waals surface area (Å²) in [7, 11) is 0. The zero-order valence-electron chi connectivity index (χ0n) is 9.12. The van der Waals surface area contributed by atoms with Crippen LogP contribution in [0.3, 0.4) is 0 Å². The summed E-state index contributed by atoms with van der Waals surface area (Å²) >= 11 is 1.88. The Labute approximate surface area is 94.6 Å². The fourth-order valence-corrected chi connectivity index (χ4v) is 3.25. The molecule has 0 unspecified atom stereocenters. The second-order valence-corrected chi connectivity index (χ2v) is 5.80. The number of rotatable bonds is 3. The minimum absolute atomic E-state index is 0.0339. The summed E-state index contributed by atoms with van der Waals surface area (Å²) in [6.07, 6.45) is 6.51. The minimum Gasteiger partial charge on any atom is -0.340 e. The Morgan fingerprint density at radius 2 is 2.13 bits per heavy atom. The molecule has 1 saturated heterocycles. The topological polar surface area (TPSA) is 37.4 Å². The largest absolute Gasteiger partial charge is 0.340 e. The van der Waals surface area contributed by atoms with E-state index in [1.807, 2.05) is 16.7 Å². The molecule has 2 fully saturated rings. The second-order valence-electron chi connectivity index (χ2n) is 4.52. The van der Waals surface area contributed by atoms with Gasteiger partial charge in [-0.05, 0) is 19.1 Å². The summed E-state index contributed by atoms with van der Waals surface area (Å²) in [4.78, 5) is 24.6. The Morgan fingerprint density at radius 3 is 2.60 bits per heavy atom. The summed E-state index contributed by atoms with van der Waals surface area (Å²) in [5, 5.41) is 0. The molecule has 84 valence electrons. The van der Waals surface area contributed by atoms with Gasteiger partial charge in [0.1, 0.15) is 5.78 Å². The van der Waals surface area contributed by atoms with E-state index >= 15 is 0 Å². The number of carbonyl (C=O) groups is 2. The maximum atomic E-state index is 11.6. The molecule has 2 aliphatic rings. The van der Waals surface area contributed by atoms with Crippen molar-refractivity contribution in [3.8, 4) is 0 Å². The Morgan fingerprint density at radius 1 is 1.40 bits per heavy atom. The number of thioether (sulfide) groups is 1. The highest BCUT2D eigenvalue weighted by Gasteiger charge is 2.39. The first kappa shape index (κ1) is 11.0. The molecule has 0 bridgehead atoms. The van der Waals surface area contributed by atoms with Gasteiger partial charge in [0, 0.05) is 24.3 Å². The van der Waals surface area contributed by atoms with Crippen molar-refractivity contribution in [3.63, 3.8) is 0 Å². The molecule has 1 heterocycles. The minimum atomic E-state index is 0.0339. The van der Waals surface area contributed by atoms with Crippen molar-refractivity contribution in [2.75, 3.05) is 19.3 Å². The Balaban J connectivity index is 1.94. The monoisotopic (exact) mass is 227 g/mol. The van der Waals surface area contributed by atoms with Crippen LogP contribution in [0, 0.1) is 0 Å². The summed E-state index contributed by atoms with van der Waals surface area (Å²) in [6, 6.07) is 0. The second kappa shape index (κ2) is 4.16. The maximum absolute atomic E-state index is 11.6. The van der Waals surface area contributed by atoms with E-state index < -0.39 is 0 Å². The number of ketones is 1.